The molecule has 1 amide bonds. The van der Waals surface area contributed by atoms with Gasteiger partial charge in [-0.05, 0) is 43.7 Å². The molecule has 0 aliphatic carbocycles. The average Bonchev–Trinajstić information content (AvgIpc) is 3.06. The van der Waals surface area contributed by atoms with Gasteiger partial charge in [0.05, 0.1) is 4.91 Å². The Morgan fingerprint density at radius 3 is 2.48 bits per heavy atom. The number of amides is 1. The number of carbonyl (C=O) groups excluding carboxylic acids is 1. The number of piperidine rings is 1. The van der Waals surface area contributed by atoms with Gasteiger partial charge < -0.3 is 4.90 Å². The van der Waals surface area contributed by atoms with Crippen LogP contribution in [0, 0.1) is 24.2 Å². The molecule has 3 rings (SSSR count). The first-order valence-corrected chi connectivity index (χ1v) is 13.2. The number of carbonyl (C=O) groups is 1. The molecule has 0 aromatic carbocycles. The van der Waals surface area contributed by atoms with Gasteiger partial charge >= 0.3 is 0 Å². The lowest BCUT2D eigenvalue weighted by molar-refractivity contribution is -0.122. The van der Waals surface area contributed by atoms with E-state index in [1.807, 2.05) is 6.08 Å². The van der Waals surface area contributed by atoms with Crippen LogP contribution in [0.4, 0.5) is 5.82 Å². The summed E-state index contributed by atoms with van der Waals surface area (Å²) in [5.74, 6) is 1.36. The number of thioether (sulfide) groups is 1. The number of unbranched alkanes of at least 4 members (excludes halogenated alkanes) is 4. The quantitative estimate of drug-likeness (QED) is 0.293. The van der Waals surface area contributed by atoms with Crippen molar-refractivity contribution in [2.75, 3.05) is 24.5 Å². The zero-order chi connectivity index (χ0) is 24.1. The Bertz CT molecular complexity index is 1050. The van der Waals surface area contributed by atoms with Gasteiger partial charge in [0.1, 0.15) is 21.8 Å². The number of anilines is 1. The normalized spacial score (nSPS) is 18.5. The van der Waals surface area contributed by atoms with E-state index in [-0.39, 0.29) is 17.0 Å². The summed E-state index contributed by atoms with van der Waals surface area (Å²) in [5, 5.41) is 9.64. The van der Waals surface area contributed by atoms with Crippen molar-refractivity contribution < 1.29 is 4.79 Å². The molecule has 1 aromatic rings. The lowest BCUT2D eigenvalue weighted by Crippen LogP contribution is -2.38. The highest BCUT2D eigenvalue weighted by Crippen LogP contribution is 2.36. The highest BCUT2D eigenvalue weighted by molar-refractivity contribution is 8.26. The third-order valence-electron chi connectivity index (χ3n) is 6.69. The summed E-state index contributed by atoms with van der Waals surface area (Å²) in [5.41, 5.74) is 1.23. The van der Waals surface area contributed by atoms with Gasteiger partial charge in [-0.3, -0.25) is 19.1 Å². The van der Waals surface area contributed by atoms with Gasteiger partial charge in [-0.2, -0.15) is 5.26 Å². The SMILES string of the molecule is CCCCCCCN1C(=O)/C(=C\c2c(C)c(C#N)c(=O)n(C)c2N2CCC(C)CC2)SC1=S. The van der Waals surface area contributed by atoms with Crippen molar-refractivity contribution in [2.24, 2.45) is 13.0 Å². The van der Waals surface area contributed by atoms with Crippen molar-refractivity contribution in [1.82, 2.24) is 9.47 Å². The van der Waals surface area contributed by atoms with Crippen LogP contribution in [-0.4, -0.2) is 39.3 Å². The van der Waals surface area contributed by atoms with Crippen LogP contribution in [0.15, 0.2) is 9.70 Å². The van der Waals surface area contributed by atoms with Crippen LogP contribution in [0.2, 0.25) is 0 Å². The third-order valence-corrected chi connectivity index (χ3v) is 8.06. The molecule has 0 radical (unpaired) electrons. The van der Waals surface area contributed by atoms with Crippen molar-refractivity contribution in [3.8, 4) is 6.07 Å². The minimum atomic E-state index is -0.291. The number of nitriles is 1. The minimum absolute atomic E-state index is 0.0783. The van der Waals surface area contributed by atoms with Crippen LogP contribution in [-0.2, 0) is 11.8 Å². The lowest BCUT2D eigenvalue weighted by atomic mass is 9.97. The Balaban J connectivity index is 1.96. The Labute approximate surface area is 206 Å². The molecule has 0 spiro atoms. The van der Waals surface area contributed by atoms with E-state index in [9.17, 15) is 14.9 Å². The maximum Gasteiger partial charge on any atom is 0.270 e. The molecule has 8 heteroatoms. The van der Waals surface area contributed by atoms with Crippen LogP contribution in [0.25, 0.3) is 6.08 Å². The van der Waals surface area contributed by atoms with E-state index in [1.165, 1.54) is 31.0 Å². The highest BCUT2D eigenvalue weighted by Gasteiger charge is 2.33. The monoisotopic (exact) mass is 486 g/mol. The van der Waals surface area contributed by atoms with E-state index in [0.717, 1.165) is 50.2 Å². The summed E-state index contributed by atoms with van der Waals surface area (Å²) in [7, 11) is 1.72. The molecule has 2 aliphatic rings. The second kappa shape index (κ2) is 11.3. The molecule has 0 atom stereocenters. The molecular formula is C25H34N4O2S2. The van der Waals surface area contributed by atoms with Gasteiger partial charge in [-0.15, -0.1) is 0 Å². The molecule has 6 nitrogen and oxygen atoms in total. The molecule has 2 aliphatic heterocycles. The molecular weight excluding hydrogens is 452 g/mol. The summed E-state index contributed by atoms with van der Waals surface area (Å²) < 4.78 is 2.15. The number of pyridine rings is 1. The van der Waals surface area contributed by atoms with Gasteiger partial charge in [0.25, 0.3) is 11.5 Å². The summed E-state index contributed by atoms with van der Waals surface area (Å²) in [6.45, 7) is 8.56. The molecule has 0 N–H and O–H groups in total. The topological polar surface area (TPSA) is 69.3 Å². The Morgan fingerprint density at radius 2 is 1.85 bits per heavy atom. The van der Waals surface area contributed by atoms with Crippen molar-refractivity contribution in [2.45, 2.75) is 65.7 Å². The fourth-order valence-electron chi connectivity index (χ4n) is 4.51. The van der Waals surface area contributed by atoms with Crippen molar-refractivity contribution >= 4 is 46.1 Å². The van der Waals surface area contributed by atoms with Crippen LogP contribution in [0.1, 0.15) is 75.5 Å². The van der Waals surface area contributed by atoms with Gasteiger partial charge in [-0.25, -0.2) is 0 Å². The molecule has 0 saturated carbocycles. The number of hydrogen-bond donors (Lipinski definition) is 0. The Hall–Kier alpha value is -2.11. The van der Waals surface area contributed by atoms with Crippen LogP contribution < -0.4 is 10.5 Å². The van der Waals surface area contributed by atoms with Gasteiger partial charge in [0.2, 0.25) is 0 Å². The summed E-state index contributed by atoms with van der Waals surface area (Å²) in [6, 6.07) is 2.07. The van der Waals surface area contributed by atoms with E-state index < -0.39 is 0 Å². The Kier molecular flexibility index (Phi) is 8.77. The fourth-order valence-corrected chi connectivity index (χ4v) is 5.80. The first-order valence-electron chi connectivity index (χ1n) is 11.9. The van der Waals surface area contributed by atoms with Crippen LogP contribution >= 0.6 is 24.0 Å². The predicted molar refractivity (Wildman–Crippen MR) is 140 cm³/mol. The first-order chi connectivity index (χ1) is 15.8. The lowest BCUT2D eigenvalue weighted by Gasteiger charge is -2.34. The second-order valence-corrected chi connectivity index (χ2v) is 10.8. The molecule has 2 saturated heterocycles. The van der Waals surface area contributed by atoms with Crippen molar-refractivity contribution in [3.05, 3.63) is 31.9 Å². The van der Waals surface area contributed by atoms with Gasteiger partial charge in [-0.1, -0.05) is 63.5 Å². The maximum atomic E-state index is 13.2. The smallest absolute Gasteiger partial charge is 0.270 e. The van der Waals surface area contributed by atoms with E-state index in [0.29, 0.717) is 27.3 Å². The standard InChI is InChI=1S/C25H34N4O2S2/c1-5-6-7-8-9-12-29-24(31)21(33-25(29)32)15-19-18(3)20(16-26)23(30)27(4)22(19)28-13-10-17(2)11-14-28/h15,17H,5-14H2,1-4H3/b21-15+. The predicted octanol–water partition coefficient (Wildman–Crippen LogP) is 4.97. The molecule has 0 unspecified atom stereocenters. The number of hydrogen-bond acceptors (Lipinski definition) is 6. The second-order valence-electron chi connectivity index (χ2n) is 9.13. The van der Waals surface area contributed by atoms with E-state index >= 15 is 0 Å². The average molecular weight is 487 g/mol. The molecule has 0 bridgehead atoms. The first kappa shape index (κ1) is 25.5. The van der Waals surface area contributed by atoms with Crippen molar-refractivity contribution in [1.29, 1.82) is 5.26 Å². The number of thiocarbonyl (C=S) groups is 1. The molecule has 178 valence electrons. The summed E-state index contributed by atoms with van der Waals surface area (Å²) >= 11 is 6.83. The van der Waals surface area contributed by atoms with Gasteiger partial charge in [0.15, 0.2) is 0 Å². The van der Waals surface area contributed by atoms with E-state index in [1.54, 1.807) is 23.4 Å². The molecule has 33 heavy (non-hydrogen) atoms. The zero-order valence-electron chi connectivity index (χ0n) is 20.1. The zero-order valence-corrected chi connectivity index (χ0v) is 21.8. The van der Waals surface area contributed by atoms with Crippen LogP contribution in [0.3, 0.4) is 0 Å². The van der Waals surface area contributed by atoms with Crippen LogP contribution in [0.5, 0.6) is 0 Å². The Morgan fingerprint density at radius 1 is 1.18 bits per heavy atom. The number of aromatic nitrogens is 1. The minimum Gasteiger partial charge on any atom is -0.357 e. The third kappa shape index (κ3) is 5.52. The van der Waals surface area contributed by atoms with E-state index in [4.69, 9.17) is 12.2 Å². The molecule has 2 fully saturated rings. The molecule has 1 aromatic heterocycles. The van der Waals surface area contributed by atoms with Crippen molar-refractivity contribution in [3.63, 3.8) is 0 Å². The number of rotatable bonds is 8. The largest absolute Gasteiger partial charge is 0.357 e. The number of nitrogens with zero attached hydrogens (tertiary/aromatic N) is 4. The molecule has 3 heterocycles. The fraction of sp³-hybridized carbons (Fsp3) is 0.600. The summed E-state index contributed by atoms with van der Waals surface area (Å²) in [6.07, 6.45) is 9.54. The maximum absolute atomic E-state index is 13.2. The highest BCUT2D eigenvalue weighted by atomic mass is 32.2. The summed E-state index contributed by atoms with van der Waals surface area (Å²) in [4.78, 5) is 30.6. The van der Waals surface area contributed by atoms with Gasteiger partial charge in [0, 0.05) is 32.2 Å². The van der Waals surface area contributed by atoms with E-state index in [2.05, 4.69) is 24.8 Å².